The predicted molar refractivity (Wildman–Crippen MR) is 174 cm³/mol. The van der Waals surface area contributed by atoms with Gasteiger partial charge in [-0.2, -0.15) is 0 Å². The highest BCUT2D eigenvalue weighted by molar-refractivity contribution is 7.92. The van der Waals surface area contributed by atoms with Crippen molar-refractivity contribution in [3.8, 4) is 5.75 Å². The van der Waals surface area contributed by atoms with Crippen LogP contribution in [-0.4, -0.2) is 51.9 Å². The molecular formula is C33H33Cl2N3O5S. The molecule has 0 aliphatic rings. The maximum atomic E-state index is 14.4. The summed E-state index contributed by atoms with van der Waals surface area (Å²) in [6, 6.07) is 26.2. The van der Waals surface area contributed by atoms with Gasteiger partial charge in [-0.05, 0) is 60.0 Å². The molecule has 8 nitrogen and oxygen atoms in total. The van der Waals surface area contributed by atoms with Crippen molar-refractivity contribution in [2.24, 2.45) is 0 Å². The maximum absolute atomic E-state index is 14.4. The minimum atomic E-state index is -4.26. The van der Waals surface area contributed by atoms with E-state index in [-0.39, 0.29) is 34.3 Å². The fraction of sp³-hybridized carbons (Fsp3) is 0.212. The first kappa shape index (κ1) is 32.9. The van der Waals surface area contributed by atoms with Gasteiger partial charge in [-0.3, -0.25) is 13.9 Å². The molecule has 0 spiro atoms. The summed E-state index contributed by atoms with van der Waals surface area (Å²) in [7, 11) is -1.34. The van der Waals surface area contributed by atoms with Crippen LogP contribution in [0.4, 0.5) is 5.69 Å². The minimum Gasteiger partial charge on any atom is -0.495 e. The molecule has 0 aliphatic heterocycles. The Morgan fingerprint density at radius 2 is 1.52 bits per heavy atom. The van der Waals surface area contributed by atoms with E-state index in [1.165, 1.54) is 31.2 Å². The second kappa shape index (κ2) is 14.6. The number of carbonyl (C=O) groups excluding carboxylic acids is 2. The van der Waals surface area contributed by atoms with Crippen molar-refractivity contribution in [3.05, 3.63) is 124 Å². The van der Waals surface area contributed by atoms with Crippen LogP contribution in [0.3, 0.4) is 0 Å². The summed E-state index contributed by atoms with van der Waals surface area (Å²) in [6.07, 6.45) is 0.187. The molecule has 0 heterocycles. The molecule has 230 valence electrons. The Morgan fingerprint density at radius 3 is 2.14 bits per heavy atom. The number of methoxy groups -OCH3 is 1. The van der Waals surface area contributed by atoms with Crippen LogP contribution in [0.1, 0.15) is 16.7 Å². The first-order valence-corrected chi connectivity index (χ1v) is 16.0. The van der Waals surface area contributed by atoms with Crippen molar-refractivity contribution >= 4 is 50.7 Å². The normalized spacial score (nSPS) is 11.8. The van der Waals surface area contributed by atoms with Gasteiger partial charge >= 0.3 is 0 Å². The summed E-state index contributed by atoms with van der Waals surface area (Å²) in [4.78, 5) is 29.2. The Morgan fingerprint density at radius 1 is 0.864 bits per heavy atom. The molecule has 1 N–H and O–H groups in total. The Balaban J connectivity index is 1.84. The van der Waals surface area contributed by atoms with Crippen LogP contribution in [-0.2, 0) is 32.6 Å². The van der Waals surface area contributed by atoms with E-state index in [0.717, 1.165) is 15.4 Å². The molecule has 0 saturated carbocycles. The number of sulfonamides is 1. The molecule has 1 unspecified atom stereocenters. The van der Waals surface area contributed by atoms with Gasteiger partial charge in [0.25, 0.3) is 10.0 Å². The molecule has 44 heavy (non-hydrogen) atoms. The number of aryl methyl sites for hydroxylation is 1. The molecule has 4 rings (SSSR count). The third-order valence-corrected chi connectivity index (χ3v) is 9.58. The summed E-state index contributed by atoms with van der Waals surface area (Å²) in [6.45, 7) is 1.17. The van der Waals surface area contributed by atoms with Crippen LogP contribution < -0.4 is 14.4 Å². The summed E-state index contributed by atoms with van der Waals surface area (Å²) in [5, 5.41) is 3.29. The van der Waals surface area contributed by atoms with Gasteiger partial charge in [0.2, 0.25) is 11.8 Å². The second-order valence-corrected chi connectivity index (χ2v) is 12.8. The monoisotopic (exact) mass is 653 g/mol. The quantitative estimate of drug-likeness (QED) is 0.206. The van der Waals surface area contributed by atoms with E-state index in [4.69, 9.17) is 27.9 Å². The number of hydrogen-bond acceptors (Lipinski definition) is 5. The van der Waals surface area contributed by atoms with Crippen molar-refractivity contribution in [2.45, 2.75) is 30.8 Å². The average molecular weight is 655 g/mol. The number of likely N-dealkylation sites (N-methyl/N-ethyl adjacent to an activating group) is 1. The number of amides is 2. The Kier molecular flexibility index (Phi) is 10.9. The summed E-state index contributed by atoms with van der Waals surface area (Å²) in [5.41, 5.74) is 2.39. The minimum absolute atomic E-state index is 0.000436. The van der Waals surface area contributed by atoms with Crippen LogP contribution in [0.15, 0.2) is 102 Å². The summed E-state index contributed by atoms with van der Waals surface area (Å²) >= 11 is 12.4. The van der Waals surface area contributed by atoms with Gasteiger partial charge in [-0.15, -0.1) is 0 Å². The van der Waals surface area contributed by atoms with Gasteiger partial charge < -0.3 is 15.0 Å². The second-order valence-electron chi connectivity index (χ2n) is 10.1. The molecule has 0 radical (unpaired) electrons. The third kappa shape index (κ3) is 7.72. The highest BCUT2D eigenvalue weighted by atomic mass is 35.5. The first-order valence-electron chi connectivity index (χ1n) is 13.8. The van der Waals surface area contributed by atoms with E-state index in [1.54, 1.807) is 54.6 Å². The molecule has 0 aliphatic carbocycles. The fourth-order valence-corrected chi connectivity index (χ4v) is 6.54. The lowest BCUT2D eigenvalue weighted by atomic mass is 10.0. The number of nitrogens with zero attached hydrogens (tertiary/aromatic N) is 2. The molecule has 0 aromatic heterocycles. The molecule has 0 fully saturated rings. The van der Waals surface area contributed by atoms with Crippen molar-refractivity contribution in [1.82, 2.24) is 10.2 Å². The topological polar surface area (TPSA) is 96.0 Å². The Bertz CT molecular complexity index is 1720. The van der Waals surface area contributed by atoms with Crippen molar-refractivity contribution in [2.75, 3.05) is 25.0 Å². The van der Waals surface area contributed by atoms with Crippen LogP contribution in [0.2, 0.25) is 10.0 Å². The van der Waals surface area contributed by atoms with E-state index >= 15 is 0 Å². The third-order valence-electron chi connectivity index (χ3n) is 7.07. The van der Waals surface area contributed by atoms with Gasteiger partial charge in [0.05, 0.1) is 27.7 Å². The fourth-order valence-electron chi connectivity index (χ4n) is 4.78. The van der Waals surface area contributed by atoms with Gasteiger partial charge in [0, 0.05) is 20.0 Å². The molecular weight excluding hydrogens is 621 g/mol. The van der Waals surface area contributed by atoms with E-state index in [0.29, 0.717) is 10.6 Å². The lowest BCUT2D eigenvalue weighted by Gasteiger charge is -2.34. The number of ether oxygens (including phenoxy) is 1. The highest BCUT2D eigenvalue weighted by Gasteiger charge is 2.35. The smallest absolute Gasteiger partial charge is 0.264 e. The highest BCUT2D eigenvalue weighted by Crippen LogP contribution is 2.34. The maximum Gasteiger partial charge on any atom is 0.264 e. The number of nitrogens with one attached hydrogen (secondary N) is 1. The molecule has 0 saturated heterocycles. The molecule has 11 heteroatoms. The van der Waals surface area contributed by atoms with Crippen LogP contribution in [0.5, 0.6) is 5.75 Å². The van der Waals surface area contributed by atoms with Crippen LogP contribution >= 0.6 is 23.2 Å². The average Bonchev–Trinajstić information content (AvgIpc) is 3.03. The van der Waals surface area contributed by atoms with Gasteiger partial charge in [-0.1, -0.05) is 83.9 Å². The van der Waals surface area contributed by atoms with Crippen molar-refractivity contribution in [3.63, 3.8) is 0 Å². The Labute approximate surface area is 268 Å². The summed E-state index contributed by atoms with van der Waals surface area (Å²) < 4.78 is 34.9. The van der Waals surface area contributed by atoms with Crippen molar-refractivity contribution in [1.29, 1.82) is 0 Å². The number of halogens is 2. The van der Waals surface area contributed by atoms with E-state index in [1.807, 2.05) is 37.3 Å². The standard InChI is InChI=1S/C33H33Cl2N3O5S/c1-23-14-17-31(43-3)29(18-23)38(44(41,42)26-12-8-5-9-13-26)22-32(39)37(21-25-15-16-27(34)28(35)19-25)30(33(40)36-2)20-24-10-6-4-7-11-24/h4-19,30H,20-22H2,1-3H3,(H,36,40). The molecule has 4 aromatic rings. The number of carbonyl (C=O) groups is 2. The van der Waals surface area contributed by atoms with Crippen LogP contribution in [0.25, 0.3) is 0 Å². The Hall–Kier alpha value is -4.05. The number of rotatable bonds is 12. The van der Waals surface area contributed by atoms with E-state index in [9.17, 15) is 18.0 Å². The molecule has 2 amide bonds. The van der Waals surface area contributed by atoms with Crippen LogP contribution in [0, 0.1) is 6.92 Å². The number of benzene rings is 4. The van der Waals surface area contributed by atoms with Gasteiger partial charge in [0.1, 0.15) is 18.3 Å². The van der Waals surface area contributed by atoms with E-state index in [2.05, 4.69) is 5.32 Å². The van der Waals surface area contributed by atoms with Gasteiger partial charge in [-0.25, -0.2) is 8.42 Å². The number of hydrogen-bond donors (Lipinski definition) is 1. The van der Waals surface area contributed by atoms with Crippen molar-refractivity contribution < 1.29 is 22.7 Å². The largest absolute Gasteiger partial charge is 0.495 e. The molecule has 1 atom stereocenters. The first-order chi connectivity index (χ1) is 21.0. The summed E-state index contributed by atoms with van der Waals surface area (Å²) in [5.74, 6) is -0.748. The van der Waals surface area contributed by atoms with E-state index < -0.39 is 34.4 Å². The zero-order valence-electron chi connectivity index (χ0n) is 24.5. The molecule has 4 aromatic carbocycles. The predicted octanol–water partition coefficient (Wildman–Crippen LogP) is 5.89. The van der Waals surface area contributed by atoms with Gasteiger partial charge in [0.15, 0.2) is 0 Å². The number of anilines is 1. The zero-order chi connectivity index (χ0) is 31.9. The lowest BCUT2D eigenvalue weighted by Crippen LogP contribution is -2.53. The SMILES string of the molecule is CNC(=O)C(Cc1ccccc1)N(Cc1ccc(Cl)c(Cl)c1)C(=O)CN(c1cc(C)ccc1OC)S(=O)(=O)c1ccccc1. The molecule has 0 bridgehead atoms. The zero-order valence-corrected chi connectivity index (χ0v) is 26.9. The lowest BCUT2D eigenvalue weighted by molar-refractivity contribution is -0.139.